The smallest absolute Gasteiger partial charge is 0.410 e. The summed E-state index contributed by atoms with van der Waals surface area (Å²) < 4.78 is 27.9. The number of rotatable bonds is 5. The normalized spacial score (nSPS) is 17.9. The molecule has 28 heavy (non-hydrogen) atoms. The van der Waals surface area contributed by atoms with Crippen LogP contribution in [0.25, 0.3) is 0 Å². The number of amides is 2. The zero-order valence-corrected chi connectivity index (χ0v) is 17.4. The van der Waals surface area contributed by atoms with E-state index in [0.29, 0.717) is 26.1 Å². The molecular formula is C19H29N3O5S. The fraction of sp³-hybridized carbons (Fsp3) is 0.579. The van der Waals surface area contributed by atoms with Crippen LogP contribution < -0.4 is 10.5 Å². The third-order valence-corrected chi connectivity index (χ3v) is 5.34. The van der Waals surface area contributed by atoms with Crippen molar-refractivity contribution in [3.05, 3.63) is 29.8 Å². The molecule has 2 amide bonds. The van der Waals surface area contributed by atoms with Gasteiger partial charge in [0.1, 0.15) is 5.60 Å². The van der Waals surface area contributed by atoms with Crippen molar-refractivity contribution in [1.82, 2.24) is 10.2 Å². The number of carbonyl (C=O) groups is 2. The summed E-state index contributed by atoms with van der Waals surface area (Å²) in [5.74, 6) is -0.347. The molecule has 9 heteroatoms. The van der Waals surface area contributed by atoms with Crippen LogP contribution in [0.15, 0.2) is 29.2 Å². The predicted molar refractivity (Wildman–Crippen MR) is 105 cm³/mol. The van der Waals surface area contributed by atoms with Gasteiger partial charge in [0.25, 0.3) is 0 Å². The molecule has 0 radical (unpaired) electrons. The van der Waals surface area contributed by atoms with Crippen molar-refractivity contribution < 1.29 is 22.7 Å². The Morgan fingerprint density at radius 1 is 1.25 bits per heavy atom. The molecular weight excluding hydrogens is 382 g/mol. The summed E-state index contributed by atoms with van der Waals surface area (Å²) in [4.78, 5) is 26.3. The van der Waals surface area contributed by atoms with Gasteiger partial charge >= 0.3 is 6.09 Å². The number of nitrogens with two attached hydrogens (primary N) is 1. The summed E-state index contributed by atoms with van der Waals surface area (Å²) in [5, 5.41) is 7.97. The molecule has 1 aromatic carbocycles. The van der Waals surface area contributed by atoms with Crippen molar-refractivity contribution in [3.8, 4) is 0 Å². The van der Waals surface area contributed by atoms with Crippen LogP contribution in [0.1, 0.15) is 39.2 Å². The van der Waals surface area contributed by atoms with E-state index in [9.17, 15) is 18.0 Å². The fourth-order valence-electron chi connectivity index (χ4n) is 3.00. The van der Waals surface area contributed by atoms with Gasteiger partial charge in [0.15, 0.2) is 0 Å². The van der Waals surface area contributed by atoms with Gasteiger partial charge in [-0.25, -0.2) is 18.4 Å². The minimum atomic E-state index is -3.70. The first-order valence-electron chi connectivity index (χ1n) is 9.33. The summed E-state index contributed by atoms with van der Waals surface area (Å²) in [6.45, 7) is 6.81. The Bertz CT molecular complexity index is 800. The van der Waals surface area contributed by atoms with Crippen LogP contribution in [0.5, 0.6) is 0 Å². The van der Waals surface area contributed by atoms with Gasteiger partial charge in [-0.05, 0) is 57.7 Å². The van der Waals surface area contributed by atoms with Gasteiger partial charge in [-0.15, -0.1) is 0 Å². The number of hydrogen-bond acceptors (Lipinski definition) is 5. The number of ether oxygens (including phenoxy) is 1. The molecule has 8 nitrogen and oxygen atoms in total. The number of primary sulfonamides is 1. The molecule has 0 spiro atoms. The second-order valence-corrected chi connectivity index (χ2v) is 9.56. The first-order valence-corrected chi connectivity index (χ1v) is 10.9. The average molecular weight is 412 g/mol. The largest absolute Gasteiger partial charge is 0.444 e. The molecule has 1 aliphatic heterocycles. The van der Waals surface area contributed by atoms with Crippen LogP contribution in [-0.4, -0.2) is 50.6 Å². The van der Waals surface area contributed by atoms with Crippen LogP contribution in [0.2, 0.25) is 0 Å². The van der Waals surface area contributed by atoms with E-state index in [2.05, 4.69) is 5.32 Å². The molecule has 1 aromatic rings. The highest BCUT2D eigenvalue weighted by atomic mass is 32.2. The molecule has 1 fully saturated rings. The molecule has 1 atom stereocenters. The van der Waals surface area contributed by atoms with E-state index in [0.717, 1.165) is 18.4 Å². The molecule has 3 N–H and O–H groups in total. The molecule has 0 aromatic heterocycles. The Morgan fingerprint density at radius 2 is 1.89 bits per heavy atom. The lowest BCUT2D eigenvalue weighted by Gasteiger charge is -2.33. The molecule has 0 saturated carbocycles. The van der Waals surface area contributed by atoms with E-state index in [1.807, 2.05) is 20.8 Å². The van der Waals surface area contributed by atoms with Crippen LogP contribution in [-0.2, 0) is 26.0 Å². The van der Waals surface area contributed by atoms with E-state index < -0.39 is 15.6 Å². The third kappa shape index (κ3) is 6.79. The summed E-state index contributed by atoms with van der Waals surface area (Å²) in [6.07, 6.45) is 1.67. The second kappa shape index (κ2) is 8.91. The maximum atomic E-state index is 12.4. The molecule has 0 unspecified atom stereocenters. The molecule has 1 aliphatic rings. The van der Waals surface area contributed by atoms with Gasteiger partial charge in [0.2, 0.25) is 15.9 Å². The van der Waals surface area contributed by atoms with Crippen LogP contribution in [0.3, 0.4) is 0 Å². The van der Waals surface area contributed by atoms with Gasteiger partial charge in [-0.1, -0.05) is 12.1 Å². The zero-order chi connectivity index (χ0) is 20.9. The minimum absolute atomic E-state index is 0.0599. The Balaban J connectivity index is 1.81. The molecule has 0 bridgehead atoms. The van der Waals surface area contributed by atoms with Gasteiger partial charge in [-0.3, -0.25) is 4.79 Å². The van der Waals surface area contributed by atoms with Crippen molar-refractivity contribution in [2.45, 2.75) is 50.5 Å². The number of sulfonamides is 1. The SMILES string of the molecule is CC(C)(C)OC(=O)N1CCC[C@H](C(=O)NCCc2ccc(S(N)(=O)=O)cc2)C1. The van der Waals surface area contributed by atoms with E-state index in [1.54, 1.807) is 17.0 Å². The topological polar surface area (TPSA) is 119 Å². The molecule has 1 saturated heterocycles. The van der Waals surface area contributed by atoms with Crippen molar-refractivity contribution in [2.24, 2.45) is 11.1 Å². The Morgan fingerprint density at radius 3 is 2.46 bits per heavy atom. The van der Waals surface area contributed by atoms with Crippen LogP contribution in [0, 0.1) is 5.92 Å². The summed E-state index contributed by atoms with van der Waals surface area (Å²) >= 11 is 0. The standard InChI is InChI=1S/C19H29N3O5S/c1-19(2,3)27-18(24)22-12-4-5-15(13-22)17(23)21-11-10-14-6-8-16(9-7-14)28(20,25)26/h6-9,15H,4-5,10-13H2,1-3H3,(H,21,23)(H2,20,25,26)/t15-/m0/s1. The number of nitrogens with one attached hydrogen (secondary N) is 1. The summed E-state index contributed by atoms with van der Waals surface area (Å²) in [5.41, 5.74) is 0.331. The van der Waals surface area contributed by atoms with Crippen molar-refractivity contribution in [3.63, 3.8) is 0 Å². The quantitative estimate of drug-likeness (QED) is 0.763. The predicted octanol–water partition coefficient (Wildman–Crippen LogP) is 1.64. The van der Waals surface area contributed by atoms with E-state index in [1.165, 1.54) is 12.1 Å². The summed E-state index contributed by atoms with van der Waals surface area (Å²) in [7, 11) is -3.70. The number of carbonyl (C=O) groups excluding carboxylic acids is 2. The minimum Gasteiger partial charge on any atom is -0.444 e. The van der Waals surface area contributed by atoms with Crippen molar-refractivity contribution >= 4 is 22.0 Å². The van der Waals surface area contributed by atoms with Gasteiger partial charge < -0.3 is 15.0 Å². The Kier molecular flexibility index (Phi) is 7.06. The highest BCUT2D eigenvalue weighted by Gasteiger charge is 2.30. The number of nitrogens with zero attached hydrogens (tertiary/aromatic N) is 1. The van der Waals surface area contributed by atoms with Crippen LogP contribution in [0.4, 0.5) is 4.79 Å². The lowest BCUT2D eigenvalue weighted by atomic mass is 9.97. The van der Waals surface area contributed by atoms with E-state index in [4.69, 9.17) is 9.88 Å². The number of piperidine rings is 1. The number of hydrogen-bond donors (Lipinski definition) is 2. The molecule has 0 aliphatic carbocycles. The Hall–Kier alpha value is -2.13. The summed E-state index contributed by atoms with van der Waals surface area (Å²) in [6, 6.07) is 6.26. The second-order valence-electron chi connectivity index (χ2n) is 8.00. The maximum absolute atomic E-state index is 12.4. The monoisotopic (exact) mass is 411 g/mol. The first kappa shape index (κ1) is 22.2. The van der Waals surface area contributed by atoms with Gasteiger partial charge in [-0.2, -0.15) is 0 Å². The molecule has 2 rings (SSSR count). The maximum Gasteiger partial charge on any atom is 0.410 e. The lowest BCUT2D eigenvalue weighted by molar-refractivity contribution is -0.126. The lowest BCUT2D eigenvalue weighted by Crippen LogP contribution is -2.47. The Labute approximate surface area is 166 Å². The zero-order valence-electron chi connectivity index (χ0n) is 16.6. The van der Waals surface area contributed by atoms with E-state index in [-0.39, 0.29) is 22.8 Å². The average Bonchev–Trinajstić information content (AvgIpc) is 2.60. The fourth-order valence-corrected chi connectivity index (χ4v) is 3.52. The highest BCUT2D eigenvalue weighted by molar-refractivity contribution is 7.89. The van der Waals surface area contributed by atoms with E-state index >= 15 is 0 Å². The first-order chi connectivity index (χ1) is 13.0. The number of benzene rings is 1. The van der Waals surface area contributed by atoms with Gasteiger partial charge in [0.05, 0.1) is 10.8 Å². The number of likely N-dealkylation sites (tertiary alicyclic amines) is 1. The van der Waals surface area contributed by atoms with Gasteiger partial charge in [0, 0.05) is 19.6 Å². The van der Waals surface area contributed by atoms with Crippen molar-refractivity contribution in [1.29, 1.82) is 0 Å². The third-order valence-electron chi connectivity index (χ3n) is 4.41. The van der Waals surface area contributed by atoms with Crippen LogP contribution >= 0.6 is 0 Å². The molecule has 1 heterocycles. The molecule has 156 valence electrons. The van der Waals surface area contributed by atoms with Crippen molar-refractivity contribution in [2.75, 3.05) is 19.6 Å². The highest BCUT2D eigenvalue weighted by Crippen LogP contribution is 2.19.